The van der Waals surface area contributed by atoms with Gasteiger partial charge in [-0.05, 0) is 31.8 Å². The highest BCUT2D eigenvalue weighted by atomic mass is 16.5. The molecule has 1 saturated heterocycles. The molecule has 2 aliphatic heterocycles. The maximum atomic E-state index is 5.40. The second kappa shape index (κ2) is 5.10. The van der Waals surface area contributed by atoms with Crippen molar-refractivity contribution in [1.82, 2.24) is 15.3 Å². The van der Waals surface area contributed by atoms with Crippen LogP contribution in [-0.2, 0) is 24.2 Å². The average molecular weight is 233 g/mol. The summed E-state index contributed by atoms with van der Waals surface area (Å²) in [4.78, 5) is 9.16. The molecule has 17 heavy (non-hydrogen) atoms. The van der Waals surface area contributed by atoms with Crippen molar-refractivity contribution in [2.45, 2.75) is 32.3 Å². The third-order valence-electron chi connectivity index (χ3n) is 3.62. The molecule has 1 aromatic rings. The number of fused-ring (bicyclic) bond motifs is 1. The zero-order valence-corrected chi connectivity index (χ0v) is 10.1. The minimum atomic E-state index is 0.681. The fraction of sp³-hybridized carbons (Fsp3) is 0.692. The zero-order valence-electron chi connectivity index (χ0n) is 10.1. The Bertz CT molecular complexity index is 388. The van der Waals surface area contributed by atoms with Crippen LogP contribution < -0.4 is 5.32 Å². The van der Waals surface area contributed by atoms with Crippen molar-refractivity contribution in [2.24, 2.45) is 5.92 Å². The van der Waals surface area contributed by atoms with E-state index in [0.717, 1.165) is 31.8 Å². The van der Waals surface area contributed by atoms with Gasteiger partial charge in [0.2, 0.25) is 0 Å². The highest BCUT2D eigenvalue weighted by molar-refractivity contribution is 5.18. The van der Waals surface area contributed by atoms with E-state index in [4.69, 9.17) is 4.74 Å². The van der Waals surface area contributed by atoms with Crippen LogP contribution in [0.15, 0.2) is 6.20 Å². The molecule has 0 aromatic carbocycles. The molecule has 4 nitrogen and oxygen atoms in total. The molecule has 3 heterocycles. The third kappa shape index (κ3) is 2.64. The van der Waals surface area contributed by atoms with Crippen LogP contribution in [0, 0.1) is 5.92 Å². The number of rotatable bonds is 2. The summed E-state index contributed by atoms with van der Waals surface area (Å²) in [6, 6.07) is 0. The van der Waals surface area contributed by atoms with E-state index in [1.54, 1.807) is 0 Å². The van der Waals surface area contributed by atoms with E-state index in [-0.39, 0.29) is 0 Å². The predicted octanol–water partition coefficient (Wildman–Crippen LogP) is 1.09. The lowest BCUT2D eigenvalue weighted by molar-refractivity contribution is 0.108. The Kier molecular flexibility index (Phi) is 3.34. The molecule has 0 radical (unpaired) electrons. The third-order valence-corrected chi connectivity index (χ3v) is 3.62. The lowest BCUT2D eigenvalue weighted by Crippen LogP contribution is -2.31. The van der Waals surface area contributed by atoms with Crippen LogP contribution in [0.2, 0.25) is 0 Å². The van der Waals surface area contributed by atoms with Gasteiger partial charge in [0.25, 0.3) is 0 Å². The van der Waals surface area contributed by atoms with Crippen LogP contribution >= 0.6 is 0 Å². The van der Waals surface area contributed by atoms with Gasteiger partial charge < -0.3 is 10.1 Å². The van der Waals surface area contributed by atoms with E-state index in [1.165, 1.54) is 30.6 Å². The SMILES string of the molecule is c1nc(CC2CCCNC2)nc2c1COCC2. The summed E-state index contributed by atoms with van der Waals surface area (Å²) >= 11 is 0. The molecule has 1 unspecified atom stereocenters. The monoisotopic (exact) mass is 233 g/mol. The van der Waals surface area contributed by atoms with Gasteiger partial charge in [-0.15, -0.1) is 0 Å². The molecule has 0 bridgehead atoms. The average Bonchev–Trinajstić information content (AvgIpc) is 2.40. The second-order valence-electron chi connectivity index (χ2n) is 4.98. The highest BCUT2D eigenvalue weighted by Gasteiger charge is 2.17. The lowest BCUT2D eigenvalue weighted by Gasteiger charge is -2.22. The number of aromatic nitrogens is 2. The van der Waals surface area contributed by atoms with Crippen LogP contribution in [-0.4, -0.2) is 29.7 Å². The first-order valence-electron chi connectivity index (χ1n) is 6.54. The Labute approximate surface area is 102 Å². The normalized spacial score (nSPS) is 24.4. The fourth-order valence-corrected chi connectivity index (χ4v) is 2.63. The Morgan fingerprint density at radius 1 is 1.47 bits per heavy atom. The van der Waals surface area contributed by atoms with Crippen molar-refractivity contribution in [2.75, 3.05) is 19.7 Å². The minimum absolute atomic E-state index is 0.681. The first kappa shape index (κ1) is 11.1. The molecule has 1 fully saturated rings. The van der Waals surface area contributed by atoms with Gasteiger partial charge >= 0.3 is 0 Å². The van der Waals surface area contributed by atoms with Crippen LogP contribution in [0.5, 0.6) is 0 Å². The van der Waals surface area contributed by atoms with E-state index < -0.39 is 0 Å². The Morgan fingerprint density at radius 3 is 3.35 bits per heavy atom. The van der Waals surface area contributed by atoms with Crippen molar-refractivity contribution in [3.05, 3.63) is 23.3 Å². The van der Waals surface area contributed by atoms with Gasteiger partial charge in [-0.2, -0.15) is 0 Å². The van der Waals surface area contributed by atoms with Gasteiger partial charge in [-0.3, -0.25) is 0 Å². The van der Waals surface area contributed by atoms with Crippen LogP contribution in [0.1, 0.15) is 29.9 Å². The molecular formula is C13H19N3O. The minimum Gasteiger partial charge on any atom is -0.376 e. The number of ether oxygens (including phenoxy) is 1. The number of hydrogen-bond acceptors (Lipinski definition) is 4. The Morgan fingerprint density at radius 2 is 2.47 bits per heavy atom. The summed E-state index contributed by atoms with van der Waals surface area (Å²) in [5.41, 5.74) is 2.37. The first-order valence-corrected chi connectivity index (χ1v) is 6.54. The van der Waals surface area contributed by atoms with Crippen molar-refractivity contribution in [1.29, 1.82) is 0 Å². The zero-order chi connectivity index (χ0) is 11.5. The highest BCUT2D eigenvalue weighted by Crippen LogP contribution is 2.17. The maximum absolute atomic E-state index is 5.40. The molecule has 1 aromatic heterocycles. The summed E-state index contributed by atoms with van der Waals surface area (Å²) < 4.78 is 5.40. The fourth-order valence-electron chi connectivity index (χ4n) is 2.63. The number of nitrogens with zero attached hydrogens (tertiary/aromatic N) is 2. The van der Waals surface area contributed by atoms with Crippen molar-refractivity contribution < 1.29 is 4.74 Å². The molecule has 1 atom stereocenters. The second-order valence-corrected chi connectivity index (χ2v) is 4.98. The van der Waals surface area contributed by atoms with Gasteiger partial charge in [0, 0.05) is 24.6 Å². The van der Waals surface area contributed by atoms with Gasteiger partial charge in [0.1, 0.15) is 5.82 Å². The molecule has 92 valence electrons. The van der Waals surface area contributed by atoms with Gasteiger partial charge in [0.15, 0.2) is 0 Å². The number of hydrogen-bond donors (Lipinski definition) is 1. The van der Waals surface area contributed by atoms with Gasteiger partial charge in [-0.25, -0.2) is 9.97 Å². The molecular weight excluding hydrogens is 214 g/mol. The lowest BCUT2D eigenvalue weighted by atomic mass is 9.96. The standard InChI is InChI=1S/C13H19N3O/c1-2-10(7-14-4-1)6-13-15-8-11-9-17-5-3-12(11)16-13/h8,10,14H,1-7,9H2. The molecule has 3 rings (SSSR count). The molecule has 1 N–H and O–H groups in total. The Hall–Kier alpha value is -1.00. The predicted molar refractivity (Wildman–Crippen MR) is 64.7 cm³/mol. The summed E-state index contributed by atoms with van der Waals surface area (Å²) in [5, 5.41) is 3.44. The number of nitrogens with one attached hydrogen (secondary N) is 1. The summed E-state index contributed by atoms with van der Waals surface area (Å²) in [6.07, 6.45) is 6.49. The van der Waals surface area contributed by atoms with E-state index in [9.17, 15) is 0 Å². The smallest absolute Gasteiger partial charge is 0.128 e. The maximum Gasteiger partial charge on any atom is 0.128 e. The van der Waals surface area contributed by atoms with E-state index >= 15 is 0 Å². The van der Waals surface area contributed by atoms with Gasteiger partial charge in [-0.1, -0.05) is 0 Å². The summed E-state index contributed by atoms with van der Waals surface area (Å²) in [6.45, 7) is 3.76. The van der Waals surface area contributed by atoms with Crippen molar-refractivity contribution in [3.63, 3.8) is 0 Å². The van der Waals surface area contributed by atoms with E-state index in [0.29, 0.717) is 12.5 Å². The molecule has 4 heteroatoms. The van der Waals surface area contributed by atoms with E-state index in [1.807, 2.05) is 6.20 Å². The van der Waals surface area contributed by atoms with Crippen LogP contribution in [0.3, 0.4) is 0 Å². The molecule has 0 spiro atoms. The quantitative estimate of drug-likeness (QED) is 0.830. The summed E-state index contributed by atoms with van der Waals surface area (Å²) in [7, 11) is 0. The van der Waals surface area contributed by atoms with Crippen LogP contribution in [0.25, 0.3) is 0 Å². The Balaban J connectivity index is 1.70. The van der Waals surface area contributed by atoms with Crippen molar-refractivity contribution in [3.8, 4) is 0 Å². The van der Waals surface area contributed by atoms with E-state index in [2.05, 4.69) is 15.3 Å². The van der Waals surface area contributed by atoms with Gasteiger partial charge in [0.05, 0.1) is 18.9 Å². The topological polar surface area (TPSA) is 47.0 Å². The molecule has 0 aliphatic carbocycles. The van der Waals surface area contributed by atoms with Crippen LogP contribution in [0.4, 0.5) is 0 Å². The molecule has 0 saturated carbocycles. The first-order chi connectivity index (χ1) is 8.42. The largest absolute Gasteiger partial charge is 0.376 e. The molecule has 0 amide bonds. The number of piperidine rings is 1. The summed E-state index contributed by atoms with van der Waals surface area (Å²) in [5.74, 6) is 1.72. The van der Waals surface area contributed by atoms with Crippen molar-refractivity contribution >= 4 is 0 Å². The molecule has 2 aliphatic rings.